The quantitative estimate of drug-likeness (QED) is 0.266. The van der Waals surface area contributed by atoms with Gasteiger partial charge in [-0.15, -0.1) is 0 Å². The first-order valence-electron chi connectivity index (χ1n) is 6.32. The van der Waals surface area contributed by atoms with Crippen LogP contribution in [0.15, 0.2) is 29.8 Å². The number of benzene rings is 1. The molecule has 0 radical (unpaired) electrons. The Kier molecular flexibility index (Phi) is 6.30. The zero-order valence-corrected chi connectivity index (χ0v) is 12.1. The second-order valence-corrected chi connectivity index (χ2v) is 4.33. The van der Waals surface area contributed by atoms with E-state index in [-0.39, 0.29) is 18.8 Å². The average Bonchev–Trinajstić information content (AvgIpc) is 2.44. The maximum Gasteiger partial charge on any atom is 0.416 e. The number of carbonyl (C=O) groups excluding carboxylic acids is 2. The number of methoxy groups -OCH3 is 1. The molecule has 0 heterocycles. The van der Waals surface area contributed by atoms with E-state index in [0.29, 0.717) is 0 Å². The number of rotatable bonds is 6. The highest BCUT2D eigenvalue weighted by Crippen LogP contribution is 2.32. The lowest BCUT2D eigenvalue weighted by molar-refractivity contribution is -0.141. The maximum atomic E-state index is 12.9. The van der Waals surface area contributed by atoms with Crippen LogP contribution in [0.25, 0.3) is 6.08 Å². The van der Waals surface area contributed by atoms with Crippen LogP contribution in [-0.4, -0.2) is 32.1 Å². The van der Waals surface area contributed by atoms with Gasteiger partial charge in [-0.3, -0.25) is 4.79 Å². The van der Waals surface area contributed by atoms with Gasteiger partial charge < -0.3 is 9.47 Å². The molecule has 0 bridgehead atoms. The van der Waals surface area contributed by atoms with E-state index in [1.54, 1.807) is 0 Å². The van der Waals surface area contributed by atoms with Gasteiger partial charge in [-0.05, 0) is 24.6 Å². The van der Waals surface area contributed by atoms with E-state index in [1.165, 1.54) is 25.3 Å². The number of ether oxygens (including phenoxy) is 2. The first kappa shape index (κ1) is 17.9. The number of alkyl halides is 3. The van der Waals surface area contributed by atoms with Crippen molar-refractivity contribution < 1.29 is 32.2 Å². The van der Waals surface area contributed by atoms with Crippen LogP contribution >= 0.6 is 0 Å². The first-order valence-corrected chi connectivity index (χ1v) is 6.32. The van der Waals surface area contributed by atoms with Crippen molar-refractivity contribution >= 4 is 17.8 Å². The monoisotopic (exact) mass is 316 g/mol. The molecule has 0 spiro atoms. The summed E-state index contributed by atoms with van der Waals surface area (Å²) >= 11 is 0. The number of Topliss-reactive ketones (excluding diaryl/α,β-unsaturated/α-hetero) is 1. The highest BCUT2D eigenvalue weighted by atomic mass is 19.4. The smallest absolute Gasteiger partial charge is 0.416 e. The Morgan fingerprint density at radius 1 is 1.18 bits per heavy atom. The molecule has 1 rings (SSSR count). The van der Waals surface area contributed by atoms with Gasteiger partial charge in [0.05, 0.1) is 12.2 Å². The molecule has 0 saturated carbocycles. The summed E-state index contributed by atoms with van der Waals surface area (Å²) in [5.41, 5.74) is -1.66. The third-order valence-corrected chi connectivity index (χ3v) is 2.69. The molecule has 4 nitrogen and oxygen atoms in total. The minimum atomic E-state index is -4.59. The van der Waals surface area contributed by atoms with Crippen LogP contribution in [-0.2, 0) is 25.2 Å². The number of ketones is 1. The van der Waals surface area contributed by atoms with E-state index < -0.39 is 29.1 Å². The second kappa shape index (κ2) is 7.74. The third kappa shape index (κ3) is 5.00. The first-order chi connectivity index (χ1) is 10.3. The van der Waals surface area contributed by atoms with Gasteiger partial charge in [0.15, 0.2) is 5.78 Å². The van der Waals surface area contributed by atoms with Gasteiger partial charge in [0.25, 0.3) is 0 Å². The molecular formula is C15H15F3O4. The largest absolute Gasteiger partial charge is 0.460 e. The highest BCUT2D eigenvalue weighted by molar-refractivity contribution is 6.19. The molecular weight excluding hydrogens is 301 g/mol. The molecule has 1 aromatic rings. The van der Waals surface area contributed by atoms with Crippen LogP contribution in [0.3, 0.4) is 0 Å². The van der Waals surface area contributed by atoms with Gasteiger partial charge in [-0.25, -0.2) is 4.79 Å². The Morgan fingerprint density at radius 2 is 1.82 bits per heavy atom. The van der Waals surface area contributed by atoms with Crippen molar-refractivity contribution in [2.75, 3.05) is 20.3 Å². The molecule has 1 aromatic carbocycles. The summed E-state index contributed by atoms with van der Waals surface area (Å²) in [6.45, 7) is 1.11. The Morgan fingerprint density at radius 3 is 2.36 bits per heavy atom. The molecule has 0 saturated heterocycles. The van der Waals surface area contributed by atoms with Crippen molar-refractivity contribution in [2.24, 2.45) is 0 Å². The van der Waals surface area contributed by atoms with Gasteiger partial charge >= 0.3 is 12.1 Å². The lowest BCUT2D eigenvalue weighted by Crippen LogP contribution is -2.16. The zero-order chi connectivity index (χ0) is 16.8. The third-order valence-electron chi connectivity index (χ3n) is 2.69. The fourth-order valence-electron chi connectivity index (χ4n) is 1.64. The van der Waals surface area contributed by atoms with E-state index in [2.05, 4.69) is 4.74 Å². The van der Waals surface area contributed by atoms with Gasteiger partial charge in [0.1, 0.15) is 12.2 Å². The van der Waals surface area contributed by atoms with Crippen molar-refractivity contribution in [3.05, 3.63) is 41.0 Å². The topological polar surface area (TPSA) is 52.6 Å². The van der Waals surface area contributed by atoms with E-state index in [9.17, 15) is 22.8 Å². The van der Waals surface area contributed by atoms with E-state index in [1.807, 2.05) is 0 Å². The highest BCUT2D eigenvalue weighted by Gasteiger charge is 2.33. The van der Waals surface area contributed by atoms with Crippen LogP contribution in [0.5, 0.6) is 0 Å². The van der Waals surface area contributed by atoms with Crippen molar-refractivity contribution in [1.29, 1.82) is 0 Å². The van der Waals surface area contributed by atoms with Crippen LogP contribution in [0.2, 0.25) is 0 Å². The molecule has 0 aliphatic heterocycles. The minimum Gasteiger partial charge on any atom is -0.460 e. The van der Waals surface area contributed by atoms with Crippen LogP contribution in [0.1, 0.15) is 18.1 Å². The summed E-state index contributed by atoms with van der Waals surface area (Å²) in [5, 5.41) is 0. The molecule has 0 unspecified atom stereocenters. The Hall–Kier alpha value is -2.15. The lowest BCUT2D eigenvalue weighted by Gasteiger charge is -2.11. The molecule has 0 amide bonds. The molecule has 0 aromatic heterocycles. The van der Waals surface area contributed by atoms with E-state index >= 15 is 0 Å². The fraction of sp³-hybridized carbons (Fsp3) is 0.333. The summed E-state index contributed by atoms with van der Waals surface area (Å²) < 4.78 is 48.2. The summed E-state index contributed by atoms with van der Waals surface area (Å²) in [4.78, 5) is 23.3. The van der Waals surface area contributed by atoms with Crippen molar-refractivity contribution in [3.63, 3.8) is 0 Å². The number of hydrogen-bond acceptors (Lipinski definition) is 4. The summed E-state index contributed by atoms with van der Waals surface area (Å²) in [6, 6.07) is 4.66. The number of hydrogen-bond donors (Lipinski definition) is 0. The standard InChI is InChI=1S/C15H15F3O4/c1-10(19)12(14(20)22-8-7-21-2)9-11-5-3-4-6-13(11)15(16,17)18/h3-6,9H,7-8H2,1-2H3/b12-9+. The molecule has 0 N–H and O–H groups in total. The summed E-state index contributed by atoms with van der Waals surface area (Å²) in [7, 11) is 1.40. The normalized spacial score (nSPS) is 12.1. The molecule has 22 heavy (non-hydrogen) atoms. The number of halogens is 3. The van der Waals surface area contributed by atoms with E-state index in [4.69, 9.17) is 4.74 Å². The lowest BCUT2D eigenvalue weighted by atomic mass is 10.0. The fourth-order valence-corrected chi connectivity index (χ4v) is 1.64. The minimum absolute atomic E-state index is 0.0964. The summed E-state index contributed by atoms with van der Waals surface area (Å²) in [6.07, 6.45) is -3.70. The summed E-state index contributed by atoms with van der Waals surface area (Å²) in [5.74, 6) is -1.67. The number of carbonyl (C=O) groups is 2. The van der Waals surface area contributed by atoms with Crippen molar-refractivity contribution in [1.82, 2.24) is 0 Å². The zero-order valence-electron chi connectivity index (χ0n) is 12.1. The van der Waals surface area contributed by atoms with Gasteiger partial charge in [0, 0.05) is 7.11 Å². The van der Waals surface area contributed by atoms with Crippen LogP contribution < -0.4 is 0 Å². The SMILES string of the molecule is COCCOC(=O)/C(=C/c1ccccc1C(F)(F)F)C(C)=O. The van der Waals surface area contributed by atoms with Crippen LogP contribution in [0.4, 0.5) is 13.2 Å². The second-order valence-electron chi connectivity index (χ2n) is 4.33. The molecule has 0 aliphatic rings. The Labute approximate surface area is 125 Å². The van der Waals surface area contributed by atoms with Gasteiger partial charge in [-0.1, -0.05) is 18.2 Å². The molecule has 0 fully saturated rings. The van der Waals surface area contributed by atoms with E-state index in [0.717, 1.165) is 19.1 Å². The average molecular weight is 316 g/mol. The van der Waals surface area contributed by atoms with Gasteiger partial charge in [0.2, 0.25) is 0 Å². The molecule has 120 valence electrons. The predicted molar refractivity (Wildman–Crippen MR) is 72.9 cm³/mol. The molecule has 7 heteroatoms. The van der Waals surface area contributed by atoms with Crippen molar-refractivity contribution in [2.45, 2.75) is 13.1 Å². The number of esters is 1. The van der Waals surface area contributed by atoms with Crippen LogP contribution in [0, 0.1) is 0 Å². The predicted octanol–water partition coefficient (Wildman–Crippen LogP) is 2.87. The molecule has 0 atom stereocenters. The Bertz CT molecular complexity index is 576. The maximum absolute atomic E-state index is 12.9. The van der Waals surface area contributed by atoms with Crippen molar-refractivity contribution in [3.8, 4) is 0 Å². The van der Waals surface area contributed by atoms with Gasteiger partial charge in [-0.2, -0.15) is 13.2 Å². The Balaban J connectivity index is 3.15. The molecule has 0 aliphatic carbocycles.